The maximum Gasteiger partial charge on any atom is 0.407 e. The van der Waals surface area contributed by atoms with Gasteiger partial charge in [0.1, 0.15) is 0 Å². The molecule has 0 spiro atoms. The van der Waals surface area contributed by atoms with Crippen LogP contribution in [-0.2, 0) is 9.53 Å². The van der Waals surface area contributed by atoms with Gasteiger partial charge in [-0.1, -0.05) is 13.8 Å². The lowest BCUT2D eigenvalue weighted by molar-refractivity contribution is -0.135. The highest BCUT2D eigenvalue weighted by atomic mass is 16.5. The van der Waals surface area contributed by atoms with Crippen LogP contribution in [0.3, 0.4) is 0 Å². The molecule has 2 amide bonds. The maximum absolute atomic E-state index is 12.2. The largest absolute Gasteiger partial charge is 0.453 e. The first-order valence-electron chi connectivity index (χ1n) is 7.13. The highest BCUT2D eigenvalue weighted by Gasteiger charge is 2.33. The summed E-state index contributed by atoms with van der Waals surface area (Å²) in [5.41, 5.74) is 0. The van der Waals surface area contributed by atoms with Gasteiger partial charge in [0.05, 0.1) is 19.3 Å². The van der Waals surface area contributed by atoms with Crippen molar-refractivity contribution in [2.24, 2.45) is 11.8 Å². The van der Waals surface area contributed by atoms with E-state index >= 15 is 0 Å². The highest BCUT2D eigenvalue weighted by Crippen LogP contribution is 2.21. The van der Waals surface area contributed by atoms with Crippen molar-refractivity contribution in [1.29, 1.82) is 0 Å². The first kappa shape index (κ1) is 16.8. The summed E-state index contributed by atoms with van der Waals surface area (Å²) in [6.45, 7) is 6.74. The summed E-state index contributed by atoms with van der Waals surface area (Å²) in [6, 6.07) is -0.174. The SMILES string of the molecule is COC(=O)NC1CC(C(C)O)CN(C(=O)CC(C)C)C1. The molecule has 0 aliphatic carbocycles. The van der Waals surface area contributed by atoms with Crippen molar-refractivity contribution in [2.45, 2.75) is 45.8 Å². The van der Waals surface area contributed by atoms with Gasteiger partial charge < -0.3 is 20.1 Å². The molecule has 1 rings (SSSR count). The Labute approximate surface area is 120 Å². The van der Waals surface area contributed by atoms with E-state index in [4.69, 9.17) is 0 Å². The molecular formula is C14H26N2O4. The number of piperidine rings is 1. The Hall–Kier alpha value is -1.30. The first-order chi connectivity index (χ1) is 9.33. The number of aliphatic hydroxyl groups is 1. The van der Waals surface area contributed by atoms with E-state index in [9.17, 15) is 14.7 Å². The summed E-state index contributed by atoms with van der Waals surface area (Å²) in [5, 5.41) is 12.5. The number of hydrogen-bond donors (Lipinski definition) is 2. The fourth-order valence-corrected chi connectivity index (χ4v) is 2.50. The van der Waals surface area contributed by atoms with Gasteiger partial charge in [0, 0.05) is 25.4 Å². The zero-order valence-electron chi connectivity index (χ0n) is 12.8. The number of ether oxygens (including phenoxy) is 1. The maximum atomic E-state index is 12.2. The molecule has 0 radical (unpaired) electrons. The molecule has 1 heterocycles. The van der Waals surface area contributed by atoms with Gasteiger partial charge in [0.2, 0.25) is 5.91 Å². The number of aliphatic hydroxyl groups excluding tert-OH is 1. The molecule has 6 nitrogen and oxygen atoms in total. The van der Waals surface area contributed by atoms with Gasteiger partial charge >= 0.3 is 6.09 Å². The second kappa shape index (κ2) is 7.47. The summed E-state index contributed by atoms with van der Waals surface area (Å²) in [7, 11) is 1.31. The van der Waals surface area contributed by atoms with E-state index in [1.54, 1.807) is 11.8 Å². The van der Waals surface area contributed by atoms with E-state index in [-0.39, 0.29) is 17.9 Å². The first-order valence-corrected chi connectivity index (χ1v) is 7.13. The zero-order valence-corrected chi connectivity index (χ0v) is 12.8. The van der Waals surface area contributed by atoms with Gasteiger partial charge in [-0.15, -0.1) is 0 Å². The van der Waals surface area contributed by atoms with Gasteiger partial charge in [0.25, 0.3) is 0 Å². The number of carbonyl (C=O) groups is 2. The Balaban J connectivity index is 2.69. The van der Waals surface area contributed by atoms with Crippen molar-refractivity contribution in [3.05, 3.63) is 0 Å². The molecule has 0 aromatic rings. The molecule has 0 saturated carbocycles. The minimum absolute atomic E-state index is 0.0259. The van der Waals surface area contributed by atoms with Crippen LogP contribution in [0.2, 0.25) is 0 Å². The minimum Gasteiger partial charge on any atom is -0.453 e. The Bertz CT molecular complexity index is 344. The number of nitrogens with one attached hydrogen (secondary N) is 1. The Kier molecular flexibility index (Phi) is 6.26. The lowest BCUT2D eigenvalue weighted by Crippen LogP contribution is -2.54. The normalized spacial score (nSPS) is 24.4. The van der Waals surface area contributed by atoms with E-state index in [0.29, 0.717) is 31.8 Å². The molecule has 116 valence electrons. The van der Waals surface area contributed by atoms with Crippen LogP contribution in [0, 0.1) is 11.8 Å². The van der Waals surface area contributed by atoms with Gasteiger partial charge in [-0.25, -0.2) is 4.79 Å². The van der Waals surface area contributed by atoms with Crippen LogP contribution in [0.25, 0.3) is 0 Å². The molecule has 3 atom stereocenters. The monoisotopic (exact) mass is 286 g/mol. The van der Waals surface area contributed by atoms with Gasteiger partial charge in [-0.05, 0) is 19.3 Å². The smallest absolute Gasteiger partial charge is 0.407 e. The molecule has 0 aromatic carbocycles. The molecule has 20 heavy (non-hydrogen) atoms. The van der Waals surface area contributed by atoms with Crippen LogP contribution in [0.4, 0.5) is 4.79 Å². The van der Waals surface area contributed by atoms with E-state index in [2.05, 4.69) is 10.1 Å². The Morgan fingerprint density at radius 3 is 2.50 bits per heavy atom. The van der Waals surface area contributed by atoms with Crippen LogP contribution in [0.1, 0.15) is 33.6 Å². The molecule has 6 heteroatoms. The average molecular weight is 286 g/mol. The van der Waals surface area contributed by atoms with Crippen molar-refractivity contribution in [3.63, 3.8) is 0 Å². The summed E-state index contributed by atoms with van der Waals surface area (Å²) in [6.07, 6.45) is 0.125. The topological polar surface area (TPSA) is 78.9 Å². The van der Waals surface area contributed by atoms with Crippen molar-refractivity contribution in [1.82, 2.24) is 10.2 Å². The quantitative estimate of drug-likeness (QED) is 0.807. The zero-order chi connectivity index (χ0) is 15.3. The number of carbonyl (C=O) groups excluding carboxylic acids is 2. The number of amides is 2. The predicted octanol–water partition coefficient (Wildman–Crippen LogP) is 0.986. The second-order valence-electron chi connectivity index (χ2n) is 5.97. The Morgan fingerprint density at radius 1 is 1.35 bits per heavy atom. The van der Waals surface area contributed by atoms with Gasteiger partial charge in [-0.2, -0.15) is 0 Å². The van der Waals surface area contributed by atoms with E-state index in [1.807, 2.05) is 13.8 Å². The standard InChI is InChI=1S/C14H26N2O4/c1-9(2)5-13(18)16-7-11(10(3)17)6-12(8-16)15-14(19)20-4/h9-12,17H,5-8H2,1-4H3,(H,15,19). The van der Waals surface area contributed by atoms with Crippen molar-refractivity contribution < 1.29 is 19.4 Å². The minimum atomic E-state index is -0.508. The van der Waals surface area contributed by atoms with E-state index in [0.717, 1.165) is 0 Å². The Morgan fingerprint density at radius 2 is 2.00 bits per heavy atom. The fraction of sp³-hybridized carbons (Fsp3) is 0.857. The predicted molar refractivity (Wildman–Crippen MR) is 75.2 cm³/mol. The van der Waals surface area contributed by atoms with Crippen LogP contribution in [0.15, 0.2) is 0 Å². The summed E-state index contributed by atoms with van der Waals surface area (Å²) in [4.78, 5) is 25.2. The summed E-state index contributed by atoms with van der Waals surface area (Å²) >= 11 is 0. The molecule has 0 bridgehead atoms. The lowest BCUT2D eigenvalue weighted by Gasteiger charge is -2.39. The summed E-state index contributed by atoms with van der Waals surface area (Å²) in [5.74, 6) is 0.338. The van der Waals surface area contributed by atoms with Crippen LogP contribution in [-0.4, -0.2) is 54.4 Å². The van der Waals surface area contributed by atoms with Crippen molar-refractivity contribution in [3.8, 4) is 0 Å². The third kappa shape index (κ3) is 5.00. The van der Waals surface area contributed by atoms with Gasteiger partial charge in [-0.3, -0.25) is 4.79 Å². The molecule has 1 aliphatic heterocycles. The third-order valence-electron chi connectivity index (χ3n) is 3.61. The molecule has 1 fully saturated rings. The average Bonchev–Trinajstić information content (AvgIpc) is 2.37. The fourth-order valence-electron chi connectivity index (χ4n) is 2.50. The third-order valence-corrected chi connectivity index (χ3v) is 3.61. The summed E-state index contributed by atoms with van der Waals surface area (Å²) < 4.78 is 4.59. The number of rotatable bonds is 4. The van der Waals surface area contributed by atoms with Gasteiger partial charge in [0.15, 0.2) is 0 Å². The van der Waals surface area contributed by atoms with Crippen LogP contribution in [0.5, 0.6) is 0 Å². The molecular weight excluding hydrogens is 260 g/mol. The molecule has 3 unspecified atom stereocenters. The molecule has 1 saturated heterocycles. The number of nitrogens with zero attached hydrogens (tertiary/aromatic N) is 1. The number of methoxy groups -OCH3 is 1. The van der Waals surface area contributed by atoms with E-state index < -0.39 is 12.2 Å². The van der Waals surface area contributed by atoms with Crippen LogP contribution >= 0.6 is 0 Å². The molecule has 1 aliphatic rings. The second-order valence-corrected chi connectivity index (χ2v) is 5.97. The lowest BCUT2D eigenvalue weighted by atomic mass is 9.90. The number of hydrogen-bond acceptors (Lipinski definition) is 4. The molecule has 0 aromatic heterocycles. The number of alkyl carbamates (subject to hydrolysis) is 1. The van der Waals surface area contributed by atoms with Crippen molar-refractivity contribution >= 4 is 12.0 Å². The number of likely N-dealkylation sites (tertiary alicyclic amines) is 1. The molecule has 2 N–H and O–H groups in total. The highest BCUT2D eigenvalue weighted by molar-refractivity contribution is 5.76. The van der Waals surface area contributed by atoms with Crippen molar-refractivity contribution in [2.75, 3.05) is 20.2 Å². The van der Waals surface area contributed by atoms with Crippen LogP contribution < -0.4 is 5.32 Å². The van der Waals surface area contributed by atoms with E-state index in [1.165, 1.54) is 7.11 Å².